The highest BCUT2D eigenvalue weighted by molar-refractivity contribution is 7.86. The highest BCUT2D eigenvalue weighted by Crippen LogP contribution is 2.24. The smallest absolute Gasteiger partial charge is 0.297 e. The Hall–Kier alpha value is -1.33. The minimum Gasteiger partial charge on any atom is -0.508 e. The number of phenols is 1. The predicted molar refractivity (Wildman–Crippen MR) is 56.2 cm³/mol. The SMILES string of the molecule is C=CCOS(=O)(=O)c1cccc(O)c1C. The van der Waals surface area contributed by atoms with Gasteiger partial charge in [0.25, 0.3) is 10.1 Å². The molecule has 15 heavy (non-hydrogen) atoms. The molecule has 0 spiro atoms. The van der Waals surface area contributed by atoms with Crippen LogP contribution in [0.1, 0.15) is 5.56 Å². The third-order valence-electron chi connectivity index (χ3n) is 1.87. The molecule has 5 heteroatoms. The predicted octanol–water partition coefficient (Wildman–Crippen LogP) is 1.59. The van der Waals surface area contributed by atoms with Gasteiger partial charge in [-0.25, -0.2) is 0 Å². The van der Waals surface area contributed by atoms with Crippen LogP contribution in [0.3, 0.4) is 0 Å². The second-order valence-corrected chi connectivity index (χ2v) is 4.51. The second kappa shape index (κ2) is 4.46. The van der Waals surface area contributed by atoms with Crippen molar-refractivity contribution in [2.75, 3.05) is 6.61 Å². The summed E-state index contributed by atoms with van der Waals surface area (Å²) in [7, 11) is -3.81. The van der Waals surface area contributed by atoms with Crippen LogP contribution in [0, 0.1) is 6.92 Å². The summed E-state index contributed by atoms with van der Waals surface area (Å²) in [5.74, 6) is -0.0710. The maximum absolute atomic E-state index is 11.6. The van der Waals surface area contributed by atoms with Crippen LogP contribution < -0.4 is 0 Å². The van der Waals surface area contributed by atoms with E-state index in [2.05, 4.69) is 10.8 Å². The van der Waals surface area contributed by atoms with E-state index in [4.69, 9.17) is 0 Å². The number of rotatable bonds is 4. The van der Waals surface area contributed by atoms with Gasteiger partial charge in [0, 0.05) is 5.56 Å². The Balaban J connectivity index is 3.16. The van der Waals surface area contributed by atoms with Gasteiger partial charge in [-0.1, -0.05) is 12.1 Å². The molecule has 1 N–H and O–H groups in total. The standard InChI is InChI=1S/C10H12O4S/c1-3-7-14-15(12,13)10-6-4-5-9(11)8(10)2/h3-6,11H,1,7H2,2H3. The first-order valence-corrected chi connectivity index (χ1v) is 5.69. The zero-order valence-corrected chi connectivity index (χ0v) is 9.12. The van der Waals surface area contributed by atoms with Crippen LogP contribution in [0.5, 0.6) is 5.75 Å². The molecule has 1 rings (SSSR count). The Bertz CT molecular complexity index is 462. The highest BCUT2D eigenvalue weighted by Gasteiger charge is 2.18. The van der Waals surface area contributed by atoms with Crippen molar-refractivity contribution >= 4 is 10.1 Å². The summed E-state index contributed by atoms with van der Waals surface area (Å²) in [4.78, 5) is -0.0237. The molecule has 0 saturated carbocycles. The van der Waals surface area contributed by atoms with Crippen LogP contribution in [0.25, 0.3) is 0 Å². The summed E-state index contributed by atoms with van der Waals surface area (Å²) in [6.07, 6.45) is 1.34. The molecule has 0 unspecified atom stereocenters. The first-order chi connectivity index (χ1) is 6.99. The number of benzene rings is 1. The van der Waals surface area contributed by atoms with Gasteiger partial charge in [0.05, 0.1) is 6.61 Å². The van der Waals surface area contributed by atoms with Gasteiger partial charge in [-0.15, -0.1) is 6.58 Å². The van der Waals surface area contributed by atoms with Gasteiger partial charge in [-0.3, -0.25) is 4.18 Å². The Morgan fingerprint density at radius 3 is 2.80 bits per heavy atom. The van der Waals surface area contributed by atoms with Crippen LogP contribution in [0.4, 0.5) is 0 Å². The van der Waals surface area contributed by atoms with Gasteiger partial charge in [-0.05, 0) is 19.1 Å². The lowest BCUT2D eigenvalue weighted by Gasteiger charge is -2.07. The van der Waals surface area contributed by atoms with Gasteiger partial charge in [0.15, 0.2) is 0 Å². The largest absolute Gasteiger partial charge is 0.508 e. The molecule has 0 fully saturated rings. The lowest BCUT2D eigenvalue weighted by atomic mass is 10.2. The molecular formula is C10H12O4S. The fraction of sp³-hybridized carbons (Fsp3) is 0.200. The van der Waals surface area contributed by atoms with E-state index >= 15 is 0 Å². The maximum atomic E-state index is 11.6. The molecule has 1 aromatic rings. The molecular weight excluding hydrogens is 216 g/mol. The quantitative estimate of drug-likeness (QED) is 0.628. The zero-order valence-electron chi connectivity index (χ0n) is 8.30. The van der Waals surface area contributed by atoms with E-state index in [9.17, 15) is 13.5 Å². The van der Waals surface area contributed by atoms with Gasteiger partial charge in [0.1, 0.15) is 10.6 Å². The van der Waals surface area contributed by atoms with Crippen LogP contribution in [-0.2, 0) is 14.3 Å². The van der Waals surface area contributed by atoms with Gasteiger partial charge < -0.3 is 5.11 Å². The topological polar surface area (TPSA) is 63.6 Å². The Kier molecular flexibility index (Phi) is 3.49. The molecule has 0 amide bonds. The van der Waals surface area contributed by atoms with E-state index in [-0.39, 0.29) is 22.8 Å². The molecule has 0 aromatic heterocycles. The van der Waals surface area contributed by atoms with Crippen LogP contribution in [0.2, 0.25) is 0 Å². The van der Waals surface area contributed by atoms with E-state index < -0.39 is 10.1 Å². The van der Waals surface area contributed by atoms with Crippen molar-refractivity contribution in [3.63, 3.8) is 0 Å². The van der Waals surface area contributed by atoms with E-state index in [0.717, 1.165) is 0 Å². The Morgan fingerprint density at radius 2 is 2.20 bits per heavy atom. The third kappa shape index (κ3) is 2.57. The molecule has 0 aliphatic rings. The molecule has 0 heterocycles. The van der Waals surface area contributed by atoms with Crippen molar-refractivity contribution in [1.29, 1.82) is 0 Å². The minimum absolute atomic E-state index is 0.0237. The van der Waals surface area contributed by atoms with Crippen molar-refractivity contribution in [2.24, 2.45) is 0 Å². The summed E-state index contributed by atoms with van der Waals surface area (Å²) in [6, 6.07) is 4.25. The summed E-state index contributed by atoms with van der Waals surface area (Å²) in [5, 5.41) is 9.35. The van der Waals surface area contributed by atoms with Gasteiger partial charge >= 0.3 is 0 Å². The van der Waals surface area contributed by atoms with Crippen molar-refractivity contribution in [2.45, 2.75) is 11.8 Å². The van der Waals surface area contributed by atoms with Crippen LogP contribution in [0.15, 0.2) is 35.7 Å². The third-order valence-corrected chi connectivity index (χ3v) is 3.29. The van der Waals surface area contributed by atoms with Gasteiger partial charge in [-0.2, -0.15) is 8.42 Å². The maximum Gasteiger partial charge on any atom is 0.297 e. The molecule has 0 atom stereocenters. The van der Waals surface area contributed by atoms with E-state index in [0.29, 0.717) is 0 Å². The first-order valence-electron chi connectivity index (χ1n) is 4.28. The van der Waals surface area contributed by atoms with E-state index in [1.807, 2.05) is 0 Å². The zero-order chi connectivity index (χ0) is 11.5. The van der Waals surface area contributed by atoms with Crippen molar-refractivity contribution < 1.29 is 17.7 Å². The van der Waals surface area contributed by atoms with Gasteiger partial charge in [0.2, 0.25) is 0 Å². The Labute approximate surface area is 88.9 Å². The monoisotopic (exact) mass is 228 g/mol. The number of hydrogen-bond donors (Lipinski definition) is 1. The summed E-state index contributed by atoms with van der Waals surface area (Å²) < 4.78 is 27.8. The van der Waals surface area contributed by atoms with Crippen LogP contribution >= 0.6 is 0 Å². The molecule has 82 valence electrons. The lowest BCUT2D eigenvalue weighted by molar-refractivity contribution is 0.356. The molecule has 0 aliphatic heterocycles. The minimum atomic E-state index is -3.81. The molecule has 0 saturated heterocycles. The number of aromatic hydroxyl groups is 1. The van der Waals surface area contributed by atoms with Crippen LogP contribution in [-0.4, -0.2) is 20.1 Å². The normalized spacial score (nSPS) is 11.3. The van der Waals surface area contributed by atoms with E-state index in [1.165, 1.54) is 31.2 Å². The molecule has 1 aromatic carbocycles. The fourth-order valence-corrected chi connectivity index (χ4v) is 2.20. The Morgan fingerprint density at radius 1 is 1.53 bits per heavy atom. The average molecular weight is 228 g/mol. The summed E-state index contributed by atoms with van der Waals surface area (Å²) in [5.41, 5.74) is 0.279. The highest BCUT2D eigenvalue weighted by atomic mass is 32.2. The molecule has 0 bridgehead atoms. The molecule has 4 nitrogen and oxygen atoms in total. The first kappa shape index (κ1) is 11.7. The van der Waals surface area contributed by atoms with E-state index in [1.54, 1.807) is 0 Å². The van der Waals surface area contributed by atoms with Crippen molar-refractivity contribution in [3.05, 3.63) is 36.4 Å². The summed E-state index contributed by atoms with van der Waals surface area (Å²) >= 11 is 0. The number of phenolic OH excluding ortho intramolecular Hbond substituents is 1. The fourth-order valence-electron chi connectivity index (χ4n) is 1.07. The van der Waals surface area contributed by atoms with Crippen molar-refractivity contribution in [1.82, 2.24) is 0 Å². The molecule has 0 radical (unpaired) electrons. The lowest BCUT2D eigenvalue weighted by Crippen LogP contribution is -2.08. The second-order valence-electron chi connectivity index (χ2n) is 2.93. The summed E-state index contributed by atoms with van der Waals surface area (Å²) in [6.45, 7) is 4.79. The molecule has 0 aliphatic carbocycles. The number of hydrogen-bond acceptors (Lipinski definition) is 4. The average Bonchev–Trinajstić information content (AvgIpc) is 2.19. The van der Waals surface area contributed by atoms with Crippen molar-refractivity contribution in [3.8, 4) is 5.75 Å².